The topological polar surface area (TPSA) is 34.1 Å². The smallest absolute Gasteiger partial charge is 0.216 e. The molecule has 2 nitrogen and oxygen atoms in total. The first-order chi connectivity index (χ1) is 7.50. The number of hydrogen-bond acceptors (Lipinski definition) is 2. The van der Waals surface area contributed by atoms with Crippen molar-refractivity contribution in [3.05, 3.63) is 0 Å². The molecular formula is C5F10O2S. The molecule has 1 aliphatic heterocycles. The van der Waals surface area contributed by atoms with E-state index in [0.717, 1.165) is 0 Å². The first-order valence-corrected chi connectivity index (χ1v) is 5.11. The van der Waals surface area contributed by atoms with Crippen LogP contribution in [0.1, 0.15) is 0 Å². The van der Waals surface area contributed by atoms with E-state index in [2.05, 4.69) is 0 Å². The van der Waals surface area contributed by atoms with Crippen LogP contribution in [0.25, 0.3) is 0 Å². The predicted octanol–water partition coefficient (Wildman–Crippen LogP) is 2.51. The van der Waals surface area contributed by atoms with Crippen LogP contribution in [-0.4, -0.2) is 36.7 Å². The van der Waals surface area contributed by atoms with Gasteiger partial charge in [-0.2, -0.15) is 43.9 Å². The van der Waals surface area contributed by atoms with Gasteiger partial charge in [-0.05, 0) is 0 Å². The second-order valence-electron chi connectivity index (χ2n) is 3.26. The van der Waals surface area contributed by atoms with Crippen LogP contribution in [0.5, 0.6) is 0 Å². The van der Waals surface area contributed by atoms with E-state index >= 15 is 0 Å². The Morgan fingerprint density at radius 3 is 0.944 bits per heavy atom. The summed E-state index contributed by atoms with van der Waals surface area (Å²) in [5.41, 5.74) is 0. The molecule has 0 unspecified atom stereocenters. The Labute approximate surface area is 91.5 Å². The molecule has 0 saturated carbocycles. The summed E-state index contributed by atoms with van der Waals surface area (Å²) < 4.78 is 145. The van der Waals surface area contributed by atoms with Crippen molar-refractivity contribution < 1.29 is 52.3 Å². The molecule has 0 amide bonds. The molecule has 1 fully saturated rings. The predicted molar refractivity (Wildman–Crippen MR) is 33.7 cm³/mol. The van der Waals surface area contributed by atoms with Gasteiger partial charge in [0.2, 0.25) is 0 Å². The third-order valence-electron chi connectivity index (χ3n) is 2.19. The van der Waals surface area contributed by atoms with Gasteiger partial charge in [-0.3, -0.25) is 0 Å². The number of alkyl halides is 10. The molecule has 0 radical (unpaired) electrons. The fourth-order valence-corrected chi connectivity index (χ4v) is 2.31. The average molecular weight is 314 g/mol. The van der Waals surface area contributed by atoms with Crippen LogP contribution in [-0.2, 0) is 9.84 Å². The Bertz CT molecular complexity index is 440. The van der Waals surface area contributed by atoms with Gasteiger partial charge in [0.25, 0.3) is 9.84 Å². The van der Waals surface area contributed by atoms with E-state index in [9.17, 15) is 52.3 Å². The Balaban J connectivity index is 3.84. The minimum absolute atomic E-state index is 7.05. The third-order valence-corrected chi connectivity index (χ3v) is 4.06. The van der Waals surface area contributed by atoms with Gasteiger partial charge >= 0.3 is 28.3 Å². The van der Waals surface area contributed by atoms with E-state index in [4.69, 9.17) is 0 Å². The number of halogens is 10. The van der Waals surface area contributed by atoms with Crippen molar-refractivity contribution in [3.8, 4) is 0 Å². The monoisotopic (exact) mass is 314 g/mol. The van der Waals surface area contributed by atoms with Gasteiger partial charge in [0, 0.05) is 0 Å². The molecule has 0 aromatic carbocycles. The van der Waals surface area contributed by atoms with Crippen molar-refractivity contribution in [3.63, 3.8) is 0 Å². The third kappa shape index (κ3) is 1.09. The Morgan fingerprint density at radius 2 is 0.722 bits per heavy atom. The highest BCUT2D eigenvalue weighted by molar-refractivity contribution is 7.93. The largest absolute Gasteiger partial charge is 0.419 e. The van der Waals surface area contributed by atoms with E-state index < -0.39 is 38.1 Å². The Hall–Kier alpha value is -0.750. The quantitative estimate of drug-likeness (QED) is 0.644. The summed E-state index contributed by atoms with van der Waals surface area (Å²) in [5.74, 6) is -21.6. The van der Waals surface area contributed by atoms with Crippen molar-refractivity contribution in [1.29, 1.82) is 0 Å². The maximum absolute atomic E-state index is 12.5. The standard InChI is InChI=1S/C5F10O2S/c6-1(7)2(8,9)4(12,13)18(16,17)5(14,15)3(1,10)11. The molecule has 0 aromatic heterocycles. The molecule has 108 valence electrons. The molecule has 1 rings (SSSR count). The fraction of sp³-hybridized carbons (Fsp3) is 1.00. The SMILES string of the molecule is O=S1(=O)C(F)(F)C(F)(F)C(F)(F)C(F)(F)C1(F)F. The summed E-state index contributed by atoms with van der Waals surface area (Å²) >= 11 is 0. The van der Waals surface area contributed by atoms with Gasteiger partial charge in [-0.1, -0.05) is 0 Å². The minimum atomic E-state index is -7.87. The highest BCUT2D eigenvalue weighted by Gasteiger charge is 2.98. The van der Waals surface area contributed by atoms with Crippen LogP contribution in [0.2, 0.25) is 0 Å². The molecule has 1 saturated heterocycles. The van der Waals surface area contributed by atoms with E-state index in [1.54, 1.807) is 0 Å². The molecule has 0 spiro atoms. The molecule has 13 heteroatoms. The van der Waals surface area contributed by atoms with Crippen LogP contribution in [0.4, 0.5) is 43.9 Å². The van der Waals surface area contributed by atoms with Gasteiger partial charge in [-0.15, -0.1) is 0 Å². The Kier molecular flexibility index (Phi) is 2.59. The van der Waals surface area contributed by atoms with Crippen LogP contribution >= 0.6 is 0 Å². The Morgan fingerprint density at radius 1 is 0.500 bits per heavy atom. The molecule has 0 N–H and O–H groups in total. The van der Waals surface area contributed by atoms with Crippen molar-refractivity contribution in [2.24, 2.45) is 0 Å². The summed E-state index contributed by atoms with van der Waals surface area (Å²) in [6.07, 6.45) is 0. The van der Waals surface area contributed by atoms with E-state index in [1.807, 2.05) is 0 Å². The zero-order valence-electron chi connectivity index (χ0n) is 7.50. The molecule has 1 aliphatic rings. The molecule has 18 heavy (non-hydrogen) atoms. The van der Waals surface area contributed by atoms with Gasteiger partial charge in [0.1, 0.15) is 0 Å². The average Bonchev–Trinajstić information content (AvgIpc) is 2.14. The second kappa shape index (κ2) is 3.04. The van der Waals surface area contributed by atoms with Gasteiger partial charge < -0.3 is 0 Å². The summed E-state index contributed by atoms with van der Waals surface area (Å²) in [4.78, 5) is 0. The summed E-state index contributed by atoms with van der Waals surface area (Å²) in [5, 5.41) is -14.1. The lowest BCUT2D eigenvalue weighted by Gasteiger charge is -2.44. The molecular weight excluding hydrogens is 314 g/mol. The van der Waals surface area contributed by atoms with Crippen LogP contribution in [0.15, 0.2) is 0 Å². The fourth-order valence-electron chi connectivity index (χ4n) is 1.06. The zero-order chi connectivity index (χ0) is 15.0. The number of sulfone groups is 1. The van der Waals surface area contributed by atoms with Gasteiger partial charge in [-0.25, -0.2) is 8.42 Å². The lowest BCUT2D eigenvalue weighted by molar-refractivity contribution is -0.389. The summed E-state index contributed by atoms with van der Waals surface area (Å²) in [6, 6.07) is 0. The maximum Gasteiger partial charge on any atom is 0.419 e. The van der Waals surface area contributed by atoms with Crippen molar-refractivity contribution in [2.75, 3.05) is 0 Å². The number of hydrogen-bond donors (Lipinski definition) is 0. The first-order valence-electron chi connectivity index (χ1n) is 3.63. The minimum Gasteiger partial charge on any atom is -0.216 e. The van der Waals surface area contributed by atoms with Crippen LogP contribution in [0, 0.1) is 0 Å². The highest BCUT2D eigenvalue weighted by atomic mass is 32.2. The number of rotatable bonds is 0. The van der Waals surface area contributed by atoms with E-state index in [-0.39, 0.29) is 0 Å². The molecule has 0 aliphatic carbocycles. The molecule has 0 bridgehead atoms. The summed E-state index contributed by atoms with van der Waals surface area (Å²) in [7, 11) is -7.87. The first kappa shape index (κ1) is 15.3. The molecule has 1 heterocycles. The van der Waals surface area contributed by atoms with Crippen molar-refractivity contribution in [1.82, 2.24) is 0 Å². The lowest BCUT2D eigenvalue weighted by Crippen LogP contribution is -2.77. The lowest BCUT2D eigenvalue weighted by atomic mass is 10.0. The van der Waals surface area contributed by atoms with E-state index in [1.165, 1.54) is 0 Å². The van der Waals surface area contributed by atoms with Crippen molar-refractivity contribution >= 4 is 9.84 Å². The maximum atomic E-state index is 12.5. The zero-order valence-corrected chi connectivity index (χ0v) is 8.32. The van der Waals surface area contributed by atoms with Crippen molar-refractivity contribution in [2.45, 2.75) is 28.3 Å². The summed E-state index contributed by atoms with van der Waals surface area (Å²) in [6.45, 7) is 0. The highest BCUT2D eigenvalue weighted by Crippen LogP contribution is 2.65. The second-order valence-corrected chi connectivity index (χ2v) is 5.29. The molecule has 0 aromatic rings. The van der Waals surface area contributed by atoms with Crippen LogP contribution < -0.4 is 0 Å². The normalized spacial score (nSPS) is 33.9. The van der Waals surface area contributed by atoms with Gasteiger partial charge in [0.05, 0.1) is 0 Å². The van der Waals surface area contributed by atoms with E-state index in [0.29, 0.717) is 0 Å². The van der Waals surface area contributed by atoms with Crippen LogP contribution in [0.3, 0.4) is 0 Å². The molecule has 0 atom stereocenters. The van der Waals surface area contributed by atoms with Gasteiger partial charge in [0.15, 0.2) is 0 Å².